The van der Waals surface area contributed by atoms with Gasteiger partial charge in [-0.1, -0.05) is 0 Å². The third kappa shape index (κ3) is 2.71. The summed E-state index contributed by atoms with van der Waals surface area (Å²) in [7, 11) is 0. The fourth-order valence-corrected chi connectivity index (χ4v) is 2.52. The van der Waals surface area contributed by atoms with Crippen molar-refractivity contribution in [1.82, 2.24) is 10.2 Å². The van der Waals surface area contributed by atoms with E-state index in [0.717, 1.165) is 0 Å². The molecule has 1 N–H and O–H groups in total. The maximum absolute atomic E-state index is 12.0. The highest BCUT2D eigenvalue weighted by molar-refractivity contribution is 5.79. The second-order valence-corrected chi connectivity index (χ2v) is 5.09. The predicted octanol–water partition coefficient (Wildman–Crippen LogP) is 1.53. The molecule has 1 aliphatic heterocycles. The number of piperidine rings is 1. The summed E-state index contributed by atoms with van der Waals surface area (Å²) < 4.78 is 0. The number of nitrogens with one attached hydrogen (secondary N) is 1. The molecule has 0 spiro atoms. The quantitative estimate of drug-likeness (QED) is 0.766. The van der Waals surface area contributed by atoms with Crippen molar-refractivity contribution in [2.24, 2.45) is 0 Å². The Morgan fingerprint density at radius 3 is 2.33 bits per heavy atom. The van der Waals surface area contributed by atoms with Crippen molar-refractivity contribution in [3.8, 4) is 0 Å². The van der Waals surface area contributed by atoms with E-state index in [4.69, 9.17) is 0 Å². The van der Waals surface area contributed by atoms with E-state index in [-0.39, 0.29) is 0 Å². The van der Waals surface area contributed by atoms with Gasteiger partial charge >= 0.3 is 0 Å². The first-order chi connectivity index (χ1) is 7.18. The second kappa shape index (κ2) is 4.52. The Hall–Kier alpha value is -0.570. The summed E-state index contributed by atoms with van der Waals surface area (Å²) in [6, 6.07) is 1.49. The van der Waals surface area contributed by atoms with Gasteiger partial charge in [0, 0.05) is 18.1 Å². The molecule has 1 amide bonds. The molecule has 0 aromatic carbocycles. The van der Waals surface area contributed by atoms with Crippen LogP contribution in [-0.4, -0.2) is 35.5 Å². The van der Waals surface area contributed by atoms with Gasteiger partial charge in [-0.3, -0.25) is 4.79 Å². The number of amides is 1. The number of hydrogen-bond donors (Lipinski definition) is 1. The minimum Gasteiger partial charge on any atom is -0.336 e. The molecule has 1 aliphatic carbocycles. The Kier molecular flexibility index (Phi) is 3.29. The monoisotopic (exact) mass is 210 g/mol. The van der Waals surface area contributed by atoms with Crippen molar-refractivity contribution in [3.63, 3.8) is 0 Å². The largest absolute Gasteiger partial charge is 0.336 e. The Morgan fingerprint density at radius 2 is 1.80 bits per heavy atom. The van der Waals surface area contributed by atoms with E-state index >= 15 is 0 Å². The molecule has 3 heteroatoms. The molecule has 2 fully saturated rings. The summed E-state index contributed by atoms with van der Waals surface area (Å²) in [5, 5.41) is 3.30. The van der Waals surface area contributed by atoms with Crippen molar-refractivity contribution in [3.05, 3.63) is 0 Å². The Bertz CT molecular complexity index is 228. The Morgan fingerprint density at radius 1 is 1.20 bits per heavy atom. The molecule has 2 rings (SSSR count). The smallest absolute Gasteiger partial charge is 0.237 e. The first-order valence-electron chi connectivity index (χ1n) is 6.23. The van der Waals surface area contributed by atoms with Gasteiger partial charge in [-0.05, 0) is 46.0 Å². The van der Waals surface area contributed by atoms with Crippen LogP contribution >= 0.6 is 0 Å². The molecule has 15 heavy (non-hydrogen) atoms. The fourth-order valence-electron chi connectivity index (χ4n) is 2.52. The third-order valence-corrected chi connectivity index (χ3v) is 3.60. The van der Waals surface area contributed by atoms with Crippen molar-refractivity contribution >= 4 is 5.91 Å². The maximum atomic E-state index is 12.0. The molecule has 0 bridgehead atoms. The Labute approximate surface area is 92.2 Å². The van der Waals surface area contributed by atoms with Crippen LogP contribution in [0, 0.1) is 0 Å². The zero-order valence-electron chi connectivity index (χ0n) is 9.83. The van der Waals surface area contributed by atoms with Crippen LogP contribution in [0.5, 0.6) is 0 Å². The third-order valence-electron chi connectivity index (χ3n) is 3.60. The molecular formula is C12H22N2O. The SMILES string of the molecule is C[C@H]1CCC[C@H](C)N1C(=O)CNC1CC1. The zero-order chi connectivity index (χ0) is 10.8. The van der Waals surface area contributed by atoms with Crippen LogP contribution in [-0.2, 0) is 4.79 Å². The summed E-state index contributed by atoms with van der Waals surface area (Å²) in [6.07, 6.45) is 6.10. The lowest BCUT2D eigenvalue weighted by Gasteiger charge is -2.39. The van der Waals surface area contributed by atoms with Crippen LogP contribution in [0.1, 0.15) is 46.0 Å². The molecule has 0 radical (unpaired) electrons. The van der Waals surface area contributed by atoms with Gasteiger partial charge in [0.15, 0.2) is 0 Å². The molecule has 2 aliphatic rings. The van der Waals surface area contributed by atoms with E-state index in [9.17, 15) is 4.79 Å². The van der Waals surface area contributed by atoms with Crippen molar-refractivity contribution in [2.75, 3.05) is 6.54 Å². The average Bonchev–Trinajstić information content (AvgIpc) is 2.97. The van der Waals surface area contributed by atoms with Gasteiger partial charge in [0.05, 0.1) is 6.54 Å². The molecular weight excluding hydrogens is 188 g/mol. The number of nitrogens with zero attached hydrogens (tertiary/aromatic N) is 1. The van der Waals surface area contributed by atoms with Crippen molar-refractivity contribution in [2.45, 2.75) is 64.1 Å². The highest BCUT2D eigenvalue weighted by Gasteiger charge is 2.29. The van der Waals surface area contributed by atoms with Gasteiger partial charge < -0.3 is 10.2 Å². The van der Waals surface area contributed by atoms with Crippen LogP contribution < -0.4 is 5.32 Å². The number of carbonyl (C=O) groups is 1. The van der Waals surface area contributed by atoms with E-state index in [2.05, 4.69) is 24.1 Å². The van der Waals surface area contributed by atoms with Gasteiger partial charge in [0.2, 0.25) is 5.91 Å². The van der Waals surface area contributed by atoms with E-state index < -0.39 is 0 Å². The molecule has 0 aromatic heterocycles. The molecule has 2 atom stereocenters. The topological polar surface area (TPSA) is 32.3 Å². The minimum absolute atomic E-state index is 0.293. The Balaban J connectivity index is 1.84. The molecule has 0 aromatic rings. The van der Waals surface area contributed by atoms with Gasteiger partial charge in [-0.15, -0.1) is 0 Å². The van der Waals surface area contributed by atoms with Crippen LogP contribution in [0.15, 0.2) is 0 Å². The van der Waals surface area contributed by atoms with Crippen molar-refractivity contribution < 1.29 is 4.79 Å². The summed E-state index contributed by atoms with van der Waals surface area (Å²) >= 11 is 0. The normalized spacial score (nSPS) is 31.7. The first-order valence-corrected chi connectivity index (χ1v) is 6.23. The number of carbonyl (C=O) groups excluding carboxylic acids is 1. The summed E-state index contributed by atoms with van der Waals surface area (Å²) in [4.78, 5) is 14.1. The highest BCUT2D eigenvalue weighted by Crippen LogP contribution is 2.23. The van der Waals surface area contributed by atoms with Gasteiger partial charge in [-0.2, -0.15) is 0 Å². The molecule has 86 valence electrons. The summed E-state index contributed by atoms with van der Waals surface area (Å²) in [6.45, 7) is 4.88. The lowest BCUT2D eigenvalue weighted by Crippen LogP contribution is -2.50. The number of hydrogen-bond acceptors (Lipinski definition) is 2. The summed E-state index contributed by atoms with van der Waals surface area (Å²) in [5.74, 6) is 0.293. The lowest BCUT2D eigenvalue weighted by atomic mass is 9.97. The number of likely N-dealkylation sites (tertiary alicyclic amines) is 1. The van der Waals surface area contributed by atoms with Crippen molar-refractivity contribution in [1.29, 1.82) is 0 Å². The highest BCUT2D eigenvalue weighted by atomic mass is 16.2. The van der Waals surface area contributed by atoms with Crippen LogP contribution in [0.4, 0.5) is 0 Å². The molecule has 3 nitrogen and oxygen atoms in total. The zero-order valence-corrected chi connectivity index (χ0v) is 9.83. The van der Waals surface area contributed by atoms with E-state index in [1.165, 1.54) is 32.1 Å². The molecule has 0 unspecified atom stereocenters. The van der Waals surface area contributed by atoms with E-state index in [1.54, 1.807) is 0 Å². The lowest BCUT2D eigenvalue weighted by molar-refractivity contribution is -0.136. The van der Waals surface area contributed by atoms with Crippen LogP contribution in [0.3, 0.4) is 0 Å². The average molecular weight is 210 g/mol. The maximum Gasteiger partial charge on any atom is 0.237 e. The minimum atomic E-state index is 0.293. The predicted molar refractivity (Wildman–Crippen MR) is 60.6 cm³/mol. The first kappa shape index (κ1) is 10.9. The van der Waals surface area contributed by atoms with Crippen LogP contribution in [0.2, 0.25) is 0 Å². The van der Waals surface area contributed by atoms with E-state index in [0.29, 0.717) is 30.6 Å². The fraction of sp³-hybridized carbons (Fsp3) is 0.917. The van der Waals surface area contributed by atoms with Gasteiger partial charge in [0.1, 0.15) is 0 Å². The standard InChI is InChI=1S/C12H22N2O/c1-9-4-3-5-10(2)14(9)12(15)8-13-11-6-7-11/h9-11,13H,3-8H2,1-2H3/t9-,10-/m0/s1. The molecule has 1 heterocycles. The van der Waals surface area contributed by atoms with E-state index in [1.807, 2.05) is 0 Å². The second-order valence-electron chi connectivity index (χ2n) is 5.09. The van der Waals surface area contributed by atoms with Gasteiger partial charge in [-0.25, -0.2) is 0 Å². The van der Waals surface area contributed by atoms with Gasteiger partial charge in [0.25, 0.3) is 0 Å². The molecule has 1 saturated heterocycles. The van der Waals surface area contributed by atoms with Crippen LogP contribution in [0.25, 0.3) is 0 Å². The molecule has 1 saturated carbocycles. The summed E-state index contributed by atoms with van der Waals surface area (Å²) in [5.41, 5.74) is 0. The number of rotatable bonds is 3.